The van der Waals surface area contributed by atoms with Crippen LogP contribution in [-0.2, 0) is 25.5 Å². The van der Waals surface area contributed by atoms with Crippen molar-refractivity contribution in [3.63, 3.8) is 0 Å². The molecule has 0 radical (unpaired) electrons. The van der Waals surface area contributed by atoms with Crippen LogP contribution in [-0.4, -0.2) is 52.9 Å². The van der Waals surface area contributed by atoms with Gasteiger partial charge in [-0.25, -0.2) is 4.79 Å². The second-order valence-corrected chi connectivity index (χ2v) is 7.34. The average Bonchev–Trinajstić information content (AvgIpc) is 3.06. The van der Waals surface area contributed by atoms with E-state index in [1.807, 2.05) is 24.3 Å². The van der Waals surface area contributed by atoms with Gasteiger partial charge in [-0.2, -0.15) is 4.79 Å². The number of ketones is 1. The first-order chi connectivity index (χ1) is 13.8. The molecular weight excluding hydrogens is 374 g/mol. The van der Waals surface area contributed by atoms with E-state index in [9.17, 15) is 14.4 Å². The van der Waals surface area contributed by atoms with Crippen LogP contribution in [0.1, 0.15) is 38.7 Å². The third-order valence-electron chi connectivity index (χ3n) is 4.55. The highest BCUT2D eigenvalue weighted by atomic mass is 16.5. The van der Waals surface area contributed by atoms with Gasteiger partial charge in [-0.05, 0) is 44.7 Å². The van der Waals surface area contributed by atoms with Crippen LogP contribution in [0.15, 0.2) is 24.3 Å². The van der Waals surface area contributed by atoms with E-state index in [2.05, 4.69) is 15.4 Å². The first kappa shape index (κ1) is 22.3. The zero-order valence-corrected chi connectivity index (χ0v) is 16.6. The molecule has 1 aliphatic rings. The molecule has 1 heterocycles. The molecule has 1 aliphatic heterocycles. The normalized spacial score (nSPS) is 16.8. The maximum absolute atomic E-state index is 12.6. The summed E-state index contributed by atoms with van der Waals surface area (Å²) in [5.74, 6) is -1.60. The van der Waals surface area contributed by atoms with Crippen LogP contribution < -0.4 is 16.4 Å². The lowest BCUT2D eigenvalue weighted by molar-refractivity contribution is -0.151. The number of amides is 1. The lowest BCUT2D eigenvalue weighted by Crippen LogP contribution is -2.50. The highest BCUT2D eigenvalue weighted by Gasteiger charge is 2.29. The molecule has 156 valence electrons. The Balaban J connectivity index is 1.93. The number of anilines is 1. The summed E-state index contributed by atoms with van der Waals surface area (Å²) in [6.07, 6.45) is 1.47. The third kappa shape index (κ3) is 6.81. The molecule has 29 heavy (non-hydrogen) atoms. The summed E-state index contributed by atoms with van der Waals surface area (Å²) in [6, 6.07) is 6.09. The number of ether oxygens (including phenoxy) is 1. The molecule has 0 bridgehead atoms. The molecule has 0 fully saturated rings. The summed E-state index contributed by atoms with van der Waals surface area (Å²) in [7, 11) is 0. The molecule has 1 amide bonds. The van der Waals surface area contributed by atoms with Gasteiger partial charge < -0.3 is 26.6 Å². The Hall–Kier alpha value is -3.03. The van der Waals surface area contributed by atoms with Gasteiger partial charge in [0.2, 0.25) is 11.7 Å². The molecule has 0 aliphatic carbocycles. The Bertz CT molecular complexity index is 779. The summed E-state index contributed by atoms with van der Waals surface area (Å²) in [5, 5.41) is 5.93. The Morgan fingerprint density at radius 3 is 2.76 bits per heavy atom. The number of nitrogens with two attached hydrogens (primary N) is 1. The highest BCUT2D eigenvalue weighted by molar-refractivity contribution is 6.25. The maximum atomic E-state index is 12.6. The van der Waals surface area contributed by atoms with Crippen molar-refractivity contribution >= 4 is 29.6 Å². The number of esters is 1. The van der Waals surface area contributed by atoms with Crippen LogP contribution in [0.3, 0.4) is 0 Å². The van der Waals surface area contributed by atoms with Crippen LogP contribution >= 0.6 is 0 Å². The van der Waals surface area contributed by atoms with Gasteiger partial charge in [0.05, 0.1) is 12.1 Å². The van der Waals surface area contributed by atoms with Crippen molar-refractivity contribution in [2.24, 2.45) is 5.73 Å². The number of Topliss-reactive ketones (excluding diaryl/α,β-unsaturated/α-hetero) is 1. The average molecular weight is 401 g/mol. The predicted molar refractivity (Wildman–Crippen MR) is 107 cm³/mol. The van der Waals surface area contributed by atoms with E-state index in [0.717, 1.165) is 18.3 Å². The molecule has 9 nitrogen and oxygen atoms in total. The molecule has 1 aromatic carbocycles. The Kier molecular flexibility index (Phi) is 8.06. The number of carbonyl (C=O) groups is 3. The minimum absolute atomic E-state index is 0.0159. The standard InChI is InChI=1S/C20H27N5O4/c1-12(2)29-20(28)18(8-7-15(26)11-23-22)25-19(27)16(21)10-14-9-13-5-3-4-6-17(13)24-14/h3-6,11-12,14,16,18,24H,7-10,21H2,1-2H3,(H,25,27)/t14?,16-,18-/m0/s1. The second-order valence-electron chi connectivity index (χ2n) is 7.34. The summed E-state index contributed by atoms with van der Waals surface area (Å²) >= 11 is 0. The predicted octanol–water partition coefficient (Wildman–Crippen LogP) is 0.827. The fourth-order valence-corrected chi connectivity index (χ4v) is 3.19. The summed E-state index contributed by atoms with van der Waals surface area (Å²) in [5.41, 5.74) is 16.7. The van der Waals surface area contributed by atoms with E-state index in [4.69, 9.17) is 16.0 Å². The SMILES string of the molecule is CC(C)OC(=O)[C@H](CCC(=O)C=[N+]=[N-])NC(=O)[C@@H](N)CC1Cc2ccccc2N1. The van der Waals surface area contributed by atoms with Crippen molar-refractivity contribution in [3.8, 4) is 0 Å². The van der Waals surface area contributed by atoms with Crippen molar-refractivity contribution < 1.29 is 23.9 Å². The molecule has 0 saturated heterocycles. The summed E-state index contributed by atoms with van der Waals surface area (Å²) in [4.78, 5) is 39.1. The number of nitrogens with one attached hydrogen (secondary N) is 2. The van der Waals surface area contributed by atoms with Gasteiger partial charge in [-0.1, -0.05) is 18.2 Å². The van der Waals surface area contributed by atoms with E-state index in [1.165, 1.54) is 5.56 Å². The zero-order valence-electron chi connectivity index (χ0n) is 16.6. The number of hydrogen-bond acceptors (Lipinski definition) is 6. The Labute approximate surface area is 169 Å². The largest absolute Gasteiger partial charge is 0.461 e. The van der Waals surface area contributed by atoms with Gasteiger partial charge in [-0.3, -0.25) is 9.59 Å². The molecule has 0 spiro atoms. The quantitative estimate of drug-likeness (QED) is 0.229. The van der Waals surface area contributed by atoms with Crippen LogP contribution in [0, 0.1) is 0 Å². The molecule has 0 aromatic heterocycles. The molecule has 0 saturated carbocycles. The number of rotatable bonds is 10. The van der Waals surface area contributed by atoms with E-state index in [0.29, 0.717) is 6.42 Å². The molecule has 1 aromatic rings. The van der Waals surface area contributed by atoms with Gasteiger partial charge in [0.15, 0.2) is 0 Å². The van der Waals surface area contributed by atoms with E-state index >= 15 is 0 Å². The zero-order chi connectivity index (χ0) is 21.4. The third-order valence-corrected chi connectivity index (χ3v) is 4.55. The van der Waals surface area contributed by atoms with Crippen molar-refractivity contribution in [3.05, 3.63) is 35.4 Å². The van der Waals surface area contributed by atoms with Crippen LogP contribution in [0.2, 0.25) is 0 Å². The summed E-state index contributed by atoms with van der Waals surface area (Å²) in [6.45, 7) is 3.38. The first-order valence-electron chi connectivity index (χ1n) is 9.61. The van der Waals surface area contributed by atoms with E-state index in [1.54, 1.807) is 13.8 Å². The molecule has 9 heteroatoms. The molecule has 1 unspecified atom stereocenters. The maximum Gasteiger partial charge on any atom is 0.328 e. The van der Waals surface area contributed by atoms with Gasteiger partial charge in [0.1, 0.15) is 6.04 Å². The van der Waals surface area contributed by atoms with Gasteiger partial charge in [-0.15, -0.1) is 0 Å². The van der Waals surface area contributed by atoms with Crippen molar-refractivity contribution in [2.75, 3.05) is 5.32 Å². The minimum atomic E-state index is -1.01. The lowest BCUT2D eigenvalue weighted by Gasteiger charge is -2.22. The van der Waals surface area contributed by atoms with Crippen molar-refractivity contribution in [1.29, 1.82) is 0 Å². The Morgan fingerprint density at radius 1 is 1.38 bits per heavy atom. The number of benzene rings is 1. The molecular formula is C20H27N5O4. The second kappa shape index (κ2) is 10.5. The van der Waals surface area contributed by atoms with Crippen molar-refractivity contribution in [2.45, 2.75) is 63.8 Å². The molecule has 3 atom stereocenters. The van der Waals surface area contributed by atoms with Crippen molar-refractivity contribution in [1.82, 2.24) is 5.32 Å². The van der Waals surface area contributed by atoms with Gasteiger partial charge >= 0.3 is 12.2 Å². The number of fused-ring (bicyclic) bond motifs is 1. The number of carbonyl (C=O) groups excluding carboxylic acids is 3. The number of nitrogens with zero attached hydrogens (tertiary/aromatic N) is 2. The van der Waals surface area contributed by atoms with E-state index < -0.39 is 29.7 Å². The van der Waals surface area contributed by atoms with Crippen LogP contribution in [0.4, 0.5) is 5.69 Å². The first-order valence-corrected chi connectivity index (χ1v) is 9.61. The topological polar surface area (TPSA) is 147 Å². The number of para-hydroxylation sites is 1. The highest BCUT2D eigenvalue weighted by Crippen LogP contribution is 2.26. The fourth-order valence-electron chi connectivity index (χ4n) is 3.19. The fraction of sp³-hybridized carbons (Fsp3) is 0.500. The molecule has 2 rings (SSSR count). The lowest BCUT2D eigenvalue weighted by atomic mass is 10.0. The monoisotopic (exact) mass is 401 g/mol. The summed E-state index contributed by atoms with van der Waals surface area (Å²) < 4.78 is 5.16. The number of hydrogen-bond donors (Lipinski definition) is 3. The van der Waals surface area contributed by atoms with Gasteiger partial charge in [0.25, 0.3) is 0 Å². The van der Waals surface area contributed by atoms with Gasteiger partial charge in [0, 0.05) is 18.2 Å². The van der Waals surface area contributed by atoms with Crippen LogP contribution in [0.5, 0.6) is 0 Å². The Morgan fingerprint density at radius 2 is 2.10 bits per heavy atom. The minimum Gasteiger partial charge on any atom is -0.461 e. The smallest absolute Gasteiger partial charge is 0.328 e. The molecule has 4 N–H and O–H groups in total. The van der Waals surface area contributed by atoms with Crippen LogP contribution in [0.25, 0.3) is 5.53 Å². The van der Waals surface area contributed by atoms with E-state index in [-0.39, 0.29) is 25.0 Å².